The summed E-state index contributed by atoms with van der Waals surface area (Å²) >= 11 is 1.62. The van der Waals surface area contributed by atoms with Crippen LogP contribution in [0.4, 0.5) is 5.69 Å². The van der Waals surface area contributed by atoms with Gasteiger partial charge in [0, 0.05) is 17.5 Å². The number of anilines is 1. The van der Waals surface area contributed by atoms with E-state index < -0.39 is 28.7 Å². The summed E-state index contributed by atoms with van der Waals surface area (Å²) in [7, 11) is 1.58. The SMILES string of the molecule is CCCNC(=O)[C@@H]1[C@H]2C(=O)N([C@H](CO)c3ccccc3)C(C(=O)Nc3ccc(OC)cc3)C23CC[C@H]1S3. The zero-order valence-corrected chi connectivity index (χ0v) is 21.9. The molecule has 0 aliphatic carbocycles. The zero-order chi connectivity index (χ0) is 26.2. The largest absolute Gasteiger partial charge is 0.497 e. The molecule has 8 nitrogen and oxygen atoms in total. The van der Waals surface area contributed by atoms with E-state index in [1.165, 1.54) is 0 Å². The first-order valence-corrected chi connectivity index (χ1v) is 13.7. The third kappa shape index (κ3) is 4.28. The van der Waals surface area contributed by atoms with E-state index in [4.69, 9.17) is 4.74 Å². The summed E-state index contributed by atoms with van der Waals surface area (Å²) in [6, 6.07) is 14.8. The minimum absolute atomic E-state index is 0.00598. The van der Waals surface area contributed by atoms with Crippen molar-refractivity contribution in [1.29, 1.82) is 0 Å². The van der Waals surface area contributed by atoms with Crippen LogP contribution in [0.2, 0.25) is 0 Å². The van der Waals surface area contributed by atoms with Gasteiger partial charge in [0.05, 0.1) is 36.3 Å². The summed E-state index contributed by atoms with van der Waals surface area (Å²) in [5, 5.41) is 16.5. The van der Waals surface area contributed by atoms with Crippen molar-refractivity contribution in [3.05, 3.63) is 60.2 Å². The highest BCUT2D eigenvalue weighted by molar-refractivity contribution is 8.02. The van der Waals surface area contributed by atoms with Crippen molar-refractivity contribution in [1.82, 2.24) is 10.2 Å². The molecule has 1 spiro atoms. The van der Waals surface area contributed by atoms with Crippen LogP contribution in [0.5, 0.6) is 5.75 Å². The van der Waals surface area contributed by atoms with Gasteiger partial charge in [0.15, 0.2) is 0 Å². The van der Waals surface area contributed by atoms with E-state index in [0.717, 1.165) is 18.4 Å². The predicted octanol–water partition coefficient (Wildman–Crippen LogP) is 2.98. The molecular formula is C28H33N3O5S. The lowest BCUT2D eigenvalue weighted by atomic mass is 9.70. The number of thioether (sulfide) groups is 1. The van der Waals surface area contributed by atoms with Crippen LogP contribution in [0.15, 0.2) is 54.6 Å². The standard InChI is InChI=1S/C28H33N3O5S/c1-3-15-29-25(33)22-21-13-14-28(37-21)23(22)27(35)31(20(16-32)17-7-5-4-6-8-17)24(28)26(34)30-18-9-11-19(36-2)12-10-18/h4-12,20-24,32H,3,13-16H2,1-2H3,(H,29,33)(H,30,34)/t20-,21-,22+,23+,24?,28?/m1/s1. The third-order valence-electron chi connectivity index (χ3n) is 7.89. The Balaban J connectivity index is 1.54. The number of likely N-dealkylation sites (tertiary alicyclic amines) is 1. The number of rotatable bonds is 9. The Morgan fingerprint density at radius 3 is 2.54 bits per heavy atom. The molecule has 9 heteroatoms. The fourth-order valence-corrected chi connectivity index (χ4v) is 8.51. The number of hydrogen-bond acceptors (Lipinski definition) is 6. The van der Waals surface area contributed by atoms with Crippen molar-refractivity contribution in [3.63, 3.8) is 0 Å². The maximum atomic E-state index is 14.2. The molecule has 2 aromatic carbocycles. The summed E-state index contributed by atoms with van der Waals surface area (Å²) in [5.74, 6) is -1.09. The molecule has 3 saturated heterocycles. The number of hydrogen-bond donors (Lipinski definition) is 3. The smallest absolute Gasteiger partial charge is 0.248 e. The summed E-state index contributed by atoms with van der Waals surface area (Å²) < 4.78 is 4.50. The molecule has 2 unspecified atom stereocenters. The first kappa shape index (κ1) is 25.6. The molecular weight excluding hydrogens is 490 g/mol. The minimum atomic E-state index is -0.830. The molecule has 3 amide bonds. The Morgan fingerprint density at radius 1 is 1.16 bits per heavy atom. The molecule has 5 rings (SSSR count). The van der Waals surface area contributed by atoms with E-state index in [9.17, 15) is 19.5 Å². The summed E-state index contributed by atoms with van der Waals surface area (Å²) in [5.41, 5.74) is 1.34. The quantitative estimate of drug-likeness (QED) is 0.467. The van der Waals surface area contributed by atoms with Gasteiger partial charge < -0.3 is 25.4 Å². The van der Waals surface area contributed by atoms with Crippen molar-refractivity contribution in [2.75, 3.05) is 25.6 Å². The average molecular weight is 524 g/mol. The number of aliphatic hydroxyl groups is 1. The molecule has 3 aliphatic rings. The molecule has 37 heavy (non-hydrogen) atoms. The van der Waals surface area contributed by atoms with Gasteiger partial charge in [0.25, 0.3) is 0 Å². The van der Waals surface area contributed by atoms with E-state index in [0.29, 0.717) is 24.4 Å². The summed E-state index contributed by atoms with van der Waals surface area (Å²) in [4.78, 5) is 43.1. The second-order valence-electron chi connectivity index (χ2n) is 9.92. The normalized spacial score (nSPS) is 28.6. The zero-order valence-electron chi connectivity index (χ0n) is 21.1. The third-order valence-corrected chi connectivity index (χ3v) is 9.84. The second kappa shape index (κ2) is 10.4. The monoisotopic (exact) mass is 523 g/mol. The van der Waals surface area contributed by atoms with E-state index >= 15 is 0 Å². The number of nitrogens with one attached hydrogen (secondary N) is 2. The summed E-state index contributed by atoms with van der Waals surface area (Å²) in [6.45, 7) is 2.21. The van der Waals surface area contributed by atoms with Gasteiger partial charge in [0.1, 0.15) is 11.8 Å². The van der Waals surface area contributed by atoms with Crippen LogP contribution in [0, 0.1) is 11.8 Å². The van der Waals surface area contributed by atoms with Crippen molar-refractivity contribution in [3.8, 4) is 5.75 Å². The molecule has 196 valence electrons. The van der Waals surface area contributed by atoms with Gasteiger partial charge in [-0.3, -0.25) is 14.4 Å². The van der Waals surface area contributed by atoms with Gasteiger partial charge in [-0.25, -0.2) is 0 Å². The highest BCUT2D eigenvalue weighted by Crippen LogP contribution is 2.67. The Labute approximate surface area is 221 Å². The lowest BCUT2D eigenvalue weighted by Crippen LogP contribution is -2.52. The van der Waals surface area contributed by atoms with Gasteiger partial charge in [-0.05, 0) is 49.1 Å². The van der Waals surface area contributed by atoms with Gasteiger partial charge >= 0.3 is 0 Å². The fraction of sp³-hybridized carbons (Fsp3) is 0.464. The number of carbonyl (C=O) groups excluding carboxylic acids is 3. The number of aliphatic hydroxyl groups excluding tert-OH is 1. The molecule has 2 bridgehead atoms. The molecule has 0 radical (unpaired) electrons. The lowest BCUT2D eigenvalue weighted by Gasteiger charge is -2.37. The second-order valence-corrected chi connectivity index (χ2v) is 11.5. The number of carbonyl (C=O) groups is 3. The molecule has 2 aromatic rings. The fourth-order valence-electron chi connectivity index (χ4n) is 6.31. The molecule has 0 saturated carbocycles. The predicted molar refractivity (Wildman–Crippen MR) is 142 cm³/mol. The molecule has 3 N–H and O–H groups in total. The number of ether oxygens (including phenoxy) is 1. The first-order chi connectivity index (χ1) is 17.9. The highest BCUT2D eigenvalue weighted by Gasteiger charge is 2.74. The number of benzene rings is 2. The van der Waals surface area contributed by atoms with E-state index in [1.54, 1.807) is 48.0 Å². The van der Waals surface area contributed by atoms with Crippen LogP contribution in [0.1, 0.15) is 37.8 Å². The van der Waals surface area contributed by atoms with Crippen molar-refractivity contribution >= 4 is 35.2 Å². The number of fused-ring (bicyclic) bond motifs is 1. The van der Waals surface area contributed by atoms with E-state index in [-0.39, 0.29) is 29.6 Å². The first-order valence-electron chi connectivity index (χ1n) is 12.8. The molecule has 3 heterocycles. The number of amides is 3. The average Bonchev–Trinajstić information content (AvgIpc) is 3.56. The van der Waals surface area contributed by atoms with Gasteiger partial charge in [0.2, 0.25) is 17.7 Å². The van der Waals surface area contributed by atoms with Crippen LogP contribution >= 0.6 is 11.8 Å². The number of nitrogens with zero attached hydrogens (tertiary/aromatic N) is 1. The van der Waals surface area contributed by atoms with Crippen LogP contribution in [0.3, 0.4) is 0 Å². The van der Waals surface area contributed by atoms with Crippen molar-refractivity contribution in [2.24, 2.45) is 11.8 Å². The Hall–Kier alpha value is -3.04. The topological polar surface area (TPSA) is 108 Å². The maximum absolute atomic E-state index is 14.2. The highest BCUT2D eigenvalue weighted by atomic mass is 32.2. The Bertz CT molecular complexity index is 1160. The van der Waals surface area contributed by atoms with Crippen molar-refractivity contribution < 1.29 is 24.2 Å². The molecule has 0 aromatic heterocycles. The van der Waals surface area contributed by atoms with Crippen LogP contribution in [0.25, 0.3) is 0 Å². The van der Waals surface area contributed by atoms with Crippen molar-refractivity contribution in [2.45, 2.75) is 48.3 Å². The van der Waals surface area contributed by atoms with Crippen LogP contribution in [-0.4, -0.2) is 64.0 Å². The van der Waals surface area contributed by atoms with Crippen LogP contribution in [-0.2, 0) is 14.4 Å². The minimum Gasteiger partial charge on any atom is -0.497 e. The molecule has 6 atom stereocenters. The van der Waals surface area contributed by atoms with Gasteiger partial charge in [-0.15, -0.1) is 11.8 Å². The van der Waals surface area contributed by atoms with Gasteiger partial charge in [-0.1, -0.05) is 37.3 Å². The van der Waals surface area contributed by atoms with Gasteiger partial charge in [-0.2, -0.15) is 0 Å². The Morgan fingerprint density at radius 2 is 1.89 bits per heavy atom. The number of methoxy groups -OCH3 is 1. The van der Waals surface area contributed by atoms with E-state index in [2.05, 4.69) is 10.6 Å². The van der Waals surface area contributed by atoms with E-state index in [1.807, 2.05) is 37.3 Å². The van der Waals surface area contributed by atoms with Crippen LogP contribution < -0.4 is 15.4 Å². The lowest BCUT2D eigenvalue weighted by molar-refractivity contribution is -0.142. The molecule has 3 aliphatic heterocycles. The maximum Gasteiger partial charge on any atom is 0.248 e. The Kier molecular flexibility index (Phi) is 7.18. The summed E-state index contributed by atoms with van der Waals surface area (Å²) in [6.07, 6.45) is 2.24. The molecule has 3 fully saturated rings.